The lowest BCUT2D eigenvalue weighted by molar-refractivity contribution is -0.0893. The first-order chi connectivity index (χ1) is 15.0. The fraction of sp³-hybridized carbons (Fsp3) is 0.333. The summed E-state index contributed by atoms with van der Waals surface area (Å²) in [6.07, 6.45) is 1.18. The lowest BCUT2D eigenvalue weighted by Gasteiger charge is -2.29. The number of ether oxygens (including phenoxy) is 1. The number of allylic oxidation sites excluding steroid dienone is 3. The lowest BCUT2D eigenvalue weighted by Crippen LogP contribution is -2.36. The highest BCUT2D eigenvalue weighted by atomic mass is 19.4. The summed E-state index contributed by atoms with van der Waals surface area (Å²) >= 11 is 0. The largest absolute Gasteiger partial charge is 0.491 e. The number of benzene rings is 1. The van der Waals surface area contributed by atoms with Gasteiger partial charge in [-0.1, -0.05) is 25.2 Å². The van der Waals surface area contributed by atoms with Crippen molar-refractivity contribution in [2.75, 3.05) is 12.3 Å². The number of anilines is 1. The van der Waals surface area contributed by atoms with Gasteiger partial charge in [0.1, 0.15) is 5.75 Å². The number of aromatic nitrogens is 1. The van der Waals surface area contributed by atoms with Crippen molar-refractivity contribution in [1.82, 2.24) is 10.3 Å². The summed E-state index contributed by atoms with van der Waals surface area (Å²) in [4.78, 5) is 17.0. The van der Waals surface area contributed by atoms with E-state index >= 15 is 0 Å². The molecule has 0 aliphatic heterocycles. The van der Waals surface area contributed by atoms with E-state index in [4.69, 9.17) is 10.5 Å². The van der Waals surface area contributed by atoms with Gasteiger partial charge >= 0.3 is 6.18 Å². The van der Waals surface area contributed by atoms with Crippen molar-refractivity contribution in [2.45, 2.75) is 39.5 Å². The molecule has 1 heterocycles. The maximum atomic E-state index is 13.1. The summed E-state index contributed by atoms with van der Waals surface area (Å²) in [7, 11) is 0. The van der Waals surface area contributed by atoms with Crippen molar-refractivity contribution >= 4 is 11.6 Å². The Balaban J connectivity index is 1.77. The SMILES string of the molecule is CC(C)Oc1ccc(N)c(-c2cc(C(=O)NCC3(C)C=C(C(F)(F)F)C=CC3)ccn2)c1. The van der Waals surface area contributed by atoms with Gasteiger partial charge in [0.15, 0.2) is 0 Å². The fourth-order valence-corrected chi connectivity index (χ4v) is 3.44. The van der Waals surface area contributed by atoms with Crippen LogP contribution in [0.1, 0.15) is 37.6 Å². The van der Waals surface area contributed by atoms with Crippen LogP contribution in [-0.2, 0) is 0 Å². The third-order valence-electron chi connectivity index (χ3n) is 5.06. The van der Waals surface area contributed by atoms with Crippen LogP contribution >= 0.6 is 0 Å². The smallest absolute Gasteiger partial charge is 0.416 e. The molecule has 0 radical (unpaired) electrons. The molecule has 0 saturated carbocycles. The third kappa shape index (κ3) is 5.69. The molecule has 8 heteroatoms. The van der Waals surface area contributed by atoms with Crippen molar-refractivity contribution in [3.8, 4) is 17.0 Å². The molecule has 1 aromatic heterocycles. The van der Waals surface area contributed by atoms with E-state index in [2.05, 4.69) is 10.3 Å². The molecular weight excluding hydrogens is 419 g/mol. The minimum Gasteiger partial charge on any atom is -0.491 e. The Morgan fingerprint density at radius 2 is 2.03 bits per heavy atom. The average molecular weight is 445 g/mol. The molecule has 32 heavy (non-hydrogen) atoms. The molecule has 0 fully saturated rings. The third-order valence-corrected chi connectivity index (χ3v) is 5.06. The highest BCUT2D eigenvalue weighted by Crippen LogP contribution is 2.36. The van der Waals surface area contributed by atoms with E-state index in [0.717, 1.165) is 6.08 Å². The number of nitrogens with two attached hydrogens (primary N) is 1. The van der Waals surface area contributed by atoms with E-state index < -0.39 is 23.1 Å². The number of carbonyl (C=O) groups excluding carboxylic acids is 1. The summed E-state index contributed by atoms with van der Waals surface area (Å²) < 4.78 is 44.9. The number of halogens is 3. The van der Waals surface area contributed by atoms with Crippen molar-refractivity contribution in [2.24, 2.45) is 5.41 Å². The van der Waals surface area contributed by atoms with E-state index in [1.54, 1.807) is 37.3 Å². The summed E-state index contributed by atoms with van der Waals surface area (Å²) in [6, 6.07) is 8.38. The van der Waals surface area contributed by atoms with Gasteiger partial charge < -0.3 is 15.8 Å². The van der Waals surface area contributed by atoms with Gasteiger partial charge in [-0.2, -0.15) is 13.2 Å². The molecule has 2 aromatic rings. The number of hydrogen-bond donors (Lipinski definition) is 2. The summed E-state index contributed by atoms with van der Waals surface area (Å²) in [5.41, 5.74) is 6.50. The molecule has 5 nitrogen and oxygen atoms in total. The Bertz CT molecular complexity index is 1060. The molecule has 3 N–H and O–H groups in total. The second kappa shape index (κ2) is 9.06. The van der Waals surface area contributed by atoms with Gasteiger partial charge in [-0.15, -0.1) is 0 Å². The molecule has 1 unspecified atom stereocenters. The zero-order valence-corrected chi connectivity index (χ0v) is 18.2. The normalized spacial score (nSPS) is 18.4. The molecule has 1 aliphatic carbocycles. The molecular formula is C24H26F3N3O2. The predicted octanol–water partition coefficient (Wildman–Crippen LogP) is 5.30. The first-order valence-electron chi connectivity index (χ1n) is 10.2. The number of amides is 1. The topological polar surface area (TPSA) is 77.2 Å². The van der Waals surface area contributed by atoms with E-state index in [9.17, 15) is 18.0 Å². The van der Waals surface area contributed by atoms with Gasteiger partial charge in [0, 0.05) is 35.0 Å². The highest BCUT2D eigenvalue weighted by Gasteiger charge is 2.36. The lowest BCUT2D eigenvalue weighted by atomic mass is 9.81. The standard InChI is InChI=1S/C24H26F3N3O2/c1-15(2)32-18-6-7-20(28)19(12-18)21-11-16(8-10-29-21)22(31)30-14-23(3)9-4-5-17(13-23)24(25,26)27/h4-8,10-13,15H,9,14,28H2,1-3H3,(H,30,31). The monoisotopic (exact) mass is 445 g/mol. The van der Waals surface area contributed by atoms with Crippen molar-refractivity contribution in [3.05, 3.63) is 65.9 Å². The zero-order chi connectivity index (χ0) is 23.5. The van der Waals surface area contributed by atoms with Gasteiger partial charge in [-0.05, 0) is 50.6 Å². The fourth-order valence-electron chi connectivity index (χ4n) is 3.44. The van der Waals surface area contributed by atoms with Gasteiger partial charge in [-0.25, -0.2) is 0 Å². The maximum Gasteiger partial charge on any atom is 0.416 e. The first kappa shape index (κ1) is 23.4. The van der Waals surface area contributed by atoms with Gasteiger partial charge in [0.2, 0.25) is 0 Å². The number of rotatable bonds is 6. The summed E-state index contributed by atoms with van der Waals surface area (Å²) in [5, 5.41) is 2.74. The van der Waals surface area contributed by atoms with Crippen molar-refractivity contribution in [3.63, 3.8) is 0 Å². The Morgan fingerprint density at radius 3 is 2.72 bits per heavy atom. The molecule has 1 atom stereocenters. The minimum atomic E-state index is -4.42. The quantitative estimate of drug-likeness (QED) is 0.592. The van der Waals surface area contributed by atoms with Crippen molar-refractivity contribution < 1.29 is 22.7 Å². The molecule has 0 bridgehead atoms. The molecule has 1 aromatic carbocycles. The number of carbonyl (C=O) groups is 1. The number of pyridine rings is 1. The Hall–Kier alpha value is -3.29. The second-order valence-corrected chi connectivity index (χ2v) is 8.39. The number of nitrogen functional groups attached to an aromatic ring is 1. The van der Waals surface area contributed by atoms with Crippen LogP contribution < -0.4 is 15.8 Å². The van der Waals surface area contributed by atoms with Gasteiger partial charge in [0.25, 0.3) is 5.91 Å². The maximum absolute atomic E-state index is 13.1. The zero-order valence-electron chi connectivity index (χ0n) is 18.2. The summed E-state index contributed by atoms with van der Waals surface area (Å²) in [6.45, 7) is 5.57. The first-order valence-corrected chi connectivity index (χ1v) is 10.2. The second-order valence-electron chi connectivity index (χ2n) is 8.39. The Kier molecular flexibility index (Phi) is 6.62. The van der Waals surface area contributed by atoms with Crippen LogP contribution in [0.25, 0.3) is 11.3 Å². The van der Waals surface area contributed by atoms with Crippen LogP contribution in [-0.4, -0.2) is 29.7 Å². The highest BCUT2D eigenvalue weighted by molar-refractivity contribution is 5.95. The number of nitrogens with one attached hydrogen (secondary N) is 1. The van der Waals surface area contributed by atoms with Crippen LogP contribution in [0.15, 0.2) is 60.3 Å². The molecule has 0 saturated heterocycles. The molecule has 1 amide bonds. The van der Waals surface area contributed by atoms with Gasteiger partial charge in [-0.3, -0.25) is 9.78 Å². The Morgan fingerprint density at radius 1 is 1.28 bits per heavy atom. The van der Waals surface area contributed by atoms with Crippen LogP contribution in [0.3, 0.4) is 0 Å². The molecule has 0 spiro atoms. The van der Waals surface area contributed by atoms with E-state index in [1.807, 2.05) is 13.8 Å². The number of hydrogen-bond acceptors (Lipinski definition) is 4. The van der Waals surface area contributed by atoms with E-state index in [-0.39, 0.29) is 12.6 Å². The summed E-state index contributed by atoms with van der Waals surface area (Å²) in [5.74, 6) is 0.228. The van der Waals surface area contributed by atoms with Crippen LogP contribution in [0, 0.1) is 5.41 Å². The number of alkyl halides is 3. The molecule has 170 valence electrons. The molecule has 3 rings (SSSR count). The number of nitrogens with zero attached hydrogens (tertiary/aromatic N) is 1. The van der Waals surface area contributed by atoms with Crippen molar-refractivity contribution in [1.29, 1.82) is 0 Å². The van der Waals surface area contributed by atoms with Crippen LogP contribution in [0.5, 0.6) is 5.75 Å². The van der Waals surface area contributed by atoms with Crippen LogP contribution in [0.2, 0.25) is 0 Å². The van der Waals surface area contributed by atoms with E-state index in [0.29, 0.717) is 34.7 Å². The predicted molar refractivity (Wildman–Crippen MR) is 118 cm³/mol. The average Bonchev–Trinajstić information content (AvgIpc) is 2.72. The Labute approximate surface area is 185 Å². The van der Waals surface area contributed by atoms with Gasteiger partial charge in [0.05, 0.1) is 17.4 Å². The molecule has 1 aliphatic rings. The van der Waals surface area contributed by atoms with Crippen LogP contribution in [0.4, 0.5) is 18.9 Å². The van der Waals surface area contributed by atoms with E-state index in [1.165, 1.54) is 18.3 Å². The minimum absolute atomic E-state index is 0.0144.